The molecule has 2 heterocycles. The first-order valence-corrected chi connectivity index (χ1v) is 12.8. The van der Waals surface area contributed by atoms with Crippen LogP contribution in [0.5, 0.6) is 0 Å². The molecule has 0 aliphatic carbocycles. The van der Waals surface area contributed by atoms with Crippen molar-refractivity contribution in [3.63, 3.8) is 0 Å². The molecule has 1 aromatic heterocycles. The van der Waals surface area contributed by atoms with Crippen LogP contribution in [0, 0.1) is 16.7 Å². The fourth-order valence-electron chi connectivity index (χ4n) is 4.79. The fraction of sp³-hybridized carbons (Fsp3) is 0.448. The minimum absolute atomic E-state index is 0.190. The molecular formula is C29H35N5O3. The number of hydrogen-bond acceptors (Lipinski definition) is 7. The molecule has 8 nitrogen and oxygen atoms in total. The molecule has 8 heteroatoms. The van der Waals surface area contributed by atoms with Crippen molar-refractivity contribution in [3.8, 4) is 6.07 Å². The first-order chi connectivity index (χ1) is 17.7. The van der Waals surface area contributed by atoms with Crippen LogP contribution in [0.15, 0.2) is 63.8 Å². The third kappa shape index (κ3) is 6.95. The van der Waals surface area contributed by atoms with Gasteiger partial charge in [0.25, 0.3) is 0 Å². The number of hydrogen-bond donors (Lipinski definition) is 2. The van der Waals surface area contributed by atoms with Gasteiger partial charge in [0.05, 0.1) is 11.5 Å². The largest absolute Gasteiger partial charge is 0.441 e. The van der Waals surface area contributed by atoms with Gasteiger partial charge < -0.3 is 20.0 Å². The molecule has 0 unspecified atom stereocenters. The van der Waals surface area contributed by atoms with Gasteiger partial charge in [-0.2, -0.15) is 10.2 Å². The van der Waals surface area contributed by atoms with Crippen molar-refractivity contribution in [3.05, 3.63) is 70.7 Å². The van der Waals surface area contributed by atoms with E-state index in [1.165, 1.54) is 5.56 Å². The molecular weight excluding hydrogens is 466 g/mol. The second kappa shape index (κ2) is 11.1. The Bertz CT molecular complexity index is 1320. The Morgan fingerprint density at radius 1 is 1.14 bits per heavy atom. The van der Waals surface area contributed by atoms with Crippen LogP contribution >= 0.6 is 0 Å². The molecule has 1 aliphatic heterocycles. The van der Waals surface area contributed by atoms with Gasteiger partial charge in [0, 0.05) is 19.6 Å². The summed E-state index contributed by atoms with van der Waals surface area (Å²) in [5.74, 6) is -0.696. The zero-order valence-corrected chi connectivity index (χ0v) is 21.8. The molecule has 194 valence electrons. The standard InChI is InChI=1S/C29H35N5O3/c1-28(2,3)19-23(31-25-22-11-7-8-12-24(22)37-27(36)32-25)26(35)33-29(20-30)14-17-34(18-15-29)16-13-21-9-5-4-6-10-21/h4-12,23H,13-19H2,1-3H3,(H,33,35)(H,31,32,36)/t23-/m0/s1. The maximum Gasteiger partial charge on any atom is 0.441 e. The molecule has 1 amide bonds. The van der Waals surface area contributed by atoms with Gasteiger partial charge in [0.1, 0.15) is 23.0 Å². The third-order valence-electron chi connectivity index (χ3n) is 6.83. The van der Waals surface area contributed by atoms with Crippen LogP contribution in [0.2, 0.25) is 0 Å². The van der Waals surface area contributed by atoms with E-state index in [1.54, 1.807) is 18.2 Å². The fourth-order valence-corrected chi connectivity index (χ4v) is 4.79. The van der Waals surface area contributed by atoms with Crippen molar-refractivity contribution >= 4 is 22.7 Å². The summed E-state index contributed by atoms with van der Waals surface area (Å²) in [4.78, 5) is 32.0. The molecule has 1 saturated heterocycles. The van der Waals surface area contributed by atoms with Crippen molar-refractivity contribution < 1.29 is 9.21 Å². The number of para-hydroxylation sites is 1. The molecule has 1 atom stereocenters. The monoisotopic (exact) mass is 501 g/mol. The van der Waals surface area contributed by atoms with Crippen LogP contribution in [0.25, 0.3) is 11.0 Å². The van der Waals surface area contributed by atoms with Gasteiger partial charge in [0.15, 0.2) is 0 Å². The Morgan fingerprint density at radius 2 is 1.81 bits per heavy atom. The third-order valence-corrected chi connectivity index (χ3v) is 6.83. The highest BCUT2D eigenvalue weighted by Gasteiger charge is 2.38. The maximum atomic E-state index is 13.6. The topological polar surface area (TPSA) is 111 Å². The summed E-state index contributed by atoms with van der Waals surface area (Å²) in [6.45, 7) is 8.54. The lowest BCUT2D eigenvalue weighted by molar-refractivity contribution is -0.124. The van der Waals surface area contributed by atoms with E-state index in [2.05, 4.69) is 38.7 Å². The predicted octanol–water partition coefficient (Wildman–Crippen LogP) is 4.12. The number of nitrogens with one attached hydrogen (secondary N) is 2. The molecule has 1 aliphatic rings. The first kappa shape index (κ1) is 26.4. The van der Waals surface area contributed by atoms with Crippen LogP contribution in [0.4, 0.5) is 5.82 Å². The quantitative estimate of drug-likeness (QED) is 0.478. The number of amides is 1. The van der Waals surface area contributed by atoms with Gasteiger partial charge in [0.2, 0.25) is 5.91 Å². The number of nitriles is 1. The lowest BCUT2D eigenvalue weighted by Gasteiger charge is -2.39. The Labute approximate surface area is 217 Å². The molecule has 1 fully saturated rings. The number of likely N-dealkylation sites (tertiary alicyclic amines) is 1. The van der Waals surface area contributed by atoms with Gasteiger partial charge >= 0.3 is 5.76 Å². The van der Waals surface area contributed by atoms with Crippen LogP contribution in [-0.2, 0) is 11.2 Å². The van der Waals surface area contributed by atoms with E-state index in [4.69, 9.17) is 4.42 Å². The van der Waals surface area contributed by atoms with Crippen LogP contribution in [0.1, 0.15) is 45.6 Å². The van der Waals surface area contributed by atoms with Gasteiger partial charge in [-0.3, -0.25) is 4.79 Å². The van der Waals surface area contributed by atoms with Crippen molar-refractivity contribution in [2.75, 3.05) is 25.0 Å². The van der Waals surface area contributed by atoms with Crippen molar-refractivity contribution in [2.45, 2.75) is 58.0 Å². The Hall–Kier alpha value is -3.70. The van der Waals surface area contributed by atoms with Gasteiger partial charge in [-0.1, -0.05) is 63.2 Å². The predicted molar refractivity (Wildman–Crippen MR) is 144 cm³/mol. The SMILES string of the molecule is CC(C)(C)C[C@H](Nc1nc(=O)oc2ccccc12)C(=O)NC1(C#N)CCN(CCc2ccccc2)CC1. The van der Waals surface area contributed by atoms with Gasteiger partial charge in [-0.25, -0.2) is 4.79 Å². The highest BCUT2D eigenvalue weighted by atomic mass is 16.4. The zero-order valence-electron chi connectivity index (χ0n) is 21.8. The molecule has 4 rings (SSSR count). The molecule has 0 radical (unpaired) electrons. The Kier molecular flexibility index (Phi) is 7.94. The summed E-state index contributed by atoms with van der Waals surface area (Å²) in [5, 5.41) is 17.0. The smallest absolute Gasteiger partial charge is 0.408 e. The van der Waals surface area contributed by atoms with E-state index in [-0.39, 0.29) is 11.3 Å². The number of nitrogens with zero attached hydrogens (tertiary/aromatic N) is 3. The van der Waals surface area contributed by atoms with Crippen LogP contribution in [-0.4, -0.2) is 47.0 Å². The van der Waals surface area contributed by atoms with Gasteiger partial charge in [-0.05, 0) is 48.8 Å². The Morgan fingerprint density at radius 3 is 2.49 bits per heavy atom. The van der Waals surface area contributed by atoms with Crippen molar-refractivity contribution in [1.29, 1.82) is 5.26 Å². The molecule has 2 aromatic carbocycles. The summed E-state index contributed by atoms with van der Waals surface area (Å²) < 4.78 is 5.20. The normalized spacial score (nSPS) is 16.6. The molecule has 3 aromatic rings. The number of carbonyl (C=O) groups is 1. The Balaban J connectivity index is 1.46. The minimum atomic E-state index is -0.927. The van der Waals surface area contributed by atoms with E-state index in [0.717, 1.165) is 26.1 Å². The van der Waals surface area contributed by atoms with E-state index in [0.29, 0.717) is 36.0 Å². The molecule has 0 saturated carbocycles. The molecule has 0 spiro atoms. The average molecular weight is 502 g/mol. The summed E-state index contributed by atoms with van der Waals surface area (Å²) >= 11 is 0. The number of anilines is 1. The first-order valence-electron chi connectivity index (χ1n) is 12.8. The average Bonchev–Trinajstić information content (AvgIpc) is 2.87. The lowest BCUT2D eigenvalue weighted by Crippen LogP contribution is -2.58. The second-order valence-electron chi connectivity index (χ2n) is 11.0. The number of aromatic nitrogens is 1. The highest BCUT2D eigenvalue weighted by molar-refractivity contribution is 5.91. The van der Waals surface area contributed by atoms with Gasteiger partial charge in [-0.15, -0.1) is 0 Å². The number of carbonyl (C=O) groups excluding carboxylic acids is 1. The molecule has 0 bridgehead atoms. The zero-order chi connectivity index (χ0) is 26.5. The summed E-state index contributed by atoms with van der Waals surface area (Å²) in [5.41, 5.74) is 0.574. The summed E-state index contributed by atoms with van der Waals surface area (Å²) in [7, 11) is 0. The lowest BCUT2D eigenvalue weighted by atomic mass is 9.85. The second-order valence-corrected chi connectivity index (χ2v) is 11.0. The number of benzene rings is 2. The van der Waals surface area contributed by atoms with Crippen LogP contribution in [0.3, 0.4) is 0 Å². The maximum absolute atomic E-state index is 13.6. The number of piperidine rings is 1. The summed E-state index contributed by atoms with van der Waals surface area (Å²) in [6, 6.07) is 19.2. The van der Waals surface area contributed by atoms with E-state index in [1.807, 2.05) is 45.0 Å². The minimum Gasteiger partial charge on any atom is -0.408 e. The number of fused-ring (bicyclic) bond motifs is 1. The van der Waals surface area contributed by atoms with Crippen molar-refractivity contribution in [1.82, 2.24) is 15.2 Å². The van der Waals surface area contributed by atoms with Crippen LogP contribution < -0.4 is 16.4 Å². The molecule has 37 heavy (non-hydrogen) atoms. The van der Waals surface area contributed by atoms with E-state index < -0.39 is 17.3 Å². The summed E-state index contributed by atoms with van der Waals surface area (Å²) in [6.07, 6.45) is 2.56. The molecule has 2 N–H and O–H groups in total. The highest BCUT2D eigenvalue weighted by Crippen LogP contribution is 2.27. The number of rotatable bonds is 8. The van der Waals surface area contributed by atoms with E-state index in [9.17, 15) is 14.9 Å². The van der Waals surface area contributed by atoms with Crippen molar-refractivity contribution in [2.24, 2.45) is 5.41 Å². The van der Waals surface area contributed by atoms with E-state index >= 15 is 0 Å².